The van der Waals surface area contributed by atoms with Crippen molar-refractivity contribution in [1.82, 2.24) is 9.97 Å². The van der Waals surface area contributed by atoms with Crippen LogP contribution < -0.4 is 0 Å². The van der Waals surface area contributed by atoms with Crippen LogP contribution in [0.4, 0.5) is 0 Å². The zero-order valence-corrected chi connectivity index (χ0v) is 15.4. The molecular weight excluding hydrogens is 403 g/mol. The maximum Gasteiger partial charge on any atom is 0.288 e. The molecule has 2 aromatic heterocycles. The number of carbonyl (C=O) groups excluding carboxylic acids is 2. The molecule has 6 nitrogen and oxygen atoms in total. The second-order valence-electron chi connectivity index (χ2n) is 6.04. The average molecular weight is 411 g/mol. The lowest BCUT2D eigenvalue weighted by Gasteiger charge is -2.00. The van der Waals surface area contributed by atoms with Gasteiger partial charge in [-0.25, -0.2) is 0 Å². The topological polar surface area (TPSA) is 86.2 Å². The Morgan fingerprint density at radius 3 is 2.00 bits per heavy atom. The lowest BCUT2D eigenvalue weighted by Crippen LogP contribution is -2.00. The first-order valence-electron chi connectivity index (χ1n) is 8.15. The molecule has 0 fully saturated rings. The molecule has 136 valence electrons. The van der Waals surface area contributed by atoms with Gasteiger partial charge in [0.15, 0.2) is 11.6 Å². The van der Waals surface area contributed by atoms with Gasteiger partial charge in [-0.1, -0.05) is 41.4 Å². The third-order valence-corrected chi connectivity index (χ3v) is 4.96. The molecule has 2 aromatic carbocycles. The van der Waals surface area contributed by atoms with E-state index in [0.717, 1.165) is 5.56 Å². The third kappa shape index (κ3) is 2.50. The van der Waals surface area contributed by atoms with Gasteiger partial charge in [0.2, 0.25) is 11.8 Å². The van der Waals surface area contributed by atoms with Crippen molar-refractivity contribution in [2.24, 2.45) is 0 Å². The summed E-state index contributed by atoms with van der Waals surface area (Å²) in [4.78, 5) is 33.7. The fourth-order valence-corrected chi connectivity index (χ4v) is 3.53. The van der Waals surface area contributed by atoms with E-state index in [1.807, 2.05) is 30.3 Å². The Morgan fingerprint density at radius 2 is 1.39 bits per heavy atom. The normalized spacial score (nSPS) is 13.4. The summed E-state index contributed by atoms with van der Waals surface area (Å²) in [7, 11) is 0. The number of carbonyl (C=O) groups is 2. The van der Waals surface area contributed by atoms with Crippen LogP contribution in [0, 0.1) is 0 Å². The molecule has 0 saturated carbocycles. The fraction of sp³-hybridized carbons (Fsp3) is 0. The van der Waals surface area contributed by atoms with E-state index in [-0.39, 0.29) is 44.1 Å². The van der Waals surface area contributed by atoms with Gasteiger partial charge < -0.3 is 8.83 Å². The largest absolute Gasteiger partial charge is 0.415 e. The predicted octanol–water partition coefficient (Wildman–Crippen LogP) is 5.25. The van der Waals surface area contributed by atoms with E-state index in [1.165, 1.54) is 18.2 Å². The molecular formula is C20H8Cl2N2O4. The van der Waals surface area contributed by atoms with E-state index in [0.29, 0.717) is 5.89 Å². The van der Waals surface area contributed by atoms with E-state index in [1.54, 1.807) is 0 Å². The van der Waals surface area contributed by atoms with Crippen LogP contribution in [0.2, 0.25) is 10.0 Å². The summed E-state index contributed by atoms with van der Waals surface area (Å²) in [6, 6.07) is 12.2. The number of nitrogens with zero attached hydrogens (tertiary/aromatic N) is 2. The number of allylic oxidation sites excluding steroid dienone is 1. The van der Waals surface area contributed by atoms with Gasteiger partial charge in [-0.2, -0.15) is 9.97 Å². The molecule has 0 N–H and O–H groups in total. The molecule has 1 aliphatic carbocycles. The van der Waals surface area contributed by atoms with E-state index >= 15 is 0 Å². The van der Waals surface area contributed by atoms with Crippen LogP contribution >= 0.6 is 23.2 Å². The highest BCUT2D eigenvalue weighted by atomic mass is 35.5. The number of hydrogen-bond donors (Lipinski definition) is 0. The molecule has 0 atom stereocenters. The third-order valence-electron chi connectivity index (χ3n) is 4.33. The molecule has 4 aromatic rings. The number of oxazole rings is 2. The van der Waals surface area contributed by atoms with Crippen molar-refractivity contribution >= 4 is 52.3 Å². The number of aromatic nitrogens is 2. The highest BCUT2D eigenvalue weighted by Gasteiger charge is 2.37. The minimum absolute atomic E-state index is 0.0256. The molecule has 8 heteroatoms. The van der Waals surface area contributed by atoms with Crippen LogP contribution in [0.1, 0.15) is 26.6 Å². The molecule has 5 rings (SSSR count). The summed E-state index contributed by atoms with van der Waals surface area (Å²) >= 11 is 12.1. The van der Waals surface area contributed by atoms with Gasteiger partial charge in [0.1, 0.15) is 0 Å². The van der Waals surface area contributed by atoms with Crippen molar-refractivity contribution in [3.8, 4) is 11.5 Å². The smallest absolute Gasteiger partial charge is 0.288 e. The Labute approximate surface area is 167 Å². The molecule has 0 spiro atoms. The van der Waals surface area contributed by atoms with Crippen LogP contribution in [-0.4, -0.2) is 21.5 Å². The number of Topliss-reactive ketones (excluding diaryl/α,β-unsaturated/α-hetero) is 2. The van der Waals surface area contributed by atoms with Gasteiger partial charge in [0.05, 0.1) is 26.7 Å². The van der Waals surface area contributed by atoms with Crippen LogP contribution in [0.5, 0.6) is 0 Å². The highest BCUT2D eigenvalue weighted by Crippen LogP contribution is 2.37. The number of benzene rings is 2. The van der Waals surface area contributed by atoms with E-state index in [9.17, 15) is 9.59 Å². The number of ketones is 2. The molecule has 1 aliphatic rings. The minimum atomic E-state index is -0.528. The highest BCUT2D eigenvalue weighted by molar-refractivity contribution is 6.49. The van der Waals surface area contributed by atoms with Crippen LogP contribution in [0.3, 0.4) is 0 Å². The Morgan fingerprint density at radius 1 is 0.786 bits per heavy atom. The van der Waals surface area contributed by atoms with Crippen molar-refractivity contribution < 1.29 is 18.4 Å². The summed E-state index contributed by atoms with van der Waals surface area (Å²) in [5.74, 6) is -0.668. The molecule has 0 bridgehead atoms. The van der Waals surface area contributed by atoms with E-state index in [2.05, 4.69) is 9.97 Å². The molecule has 0 aliphatic heterocycles. The van der Waals surface area contributed by atoms with Gasteiger partial charge in [0.25, 0.3) is 11.4 Å². The summed E-state index contributed by atoms with van der Waals surface area (Å²) in [5.41, 5.74) is 1.15. The monoisotopic (exact) mass is 410 g/mol. The molecule has 0 radical (unpaired) electrons. The van der Waals surface area contributed by atoms with E-state index < -0.39 is 11.6 Å². The molecule has 28 heavy (non-hydrogen) atoms. The number of halogens is 2. The zero-order chi connectivity index (χ0) is 19.4. The van der Waals surface area contributed by atoms with Gasteiger partial charge in [-0.15, -0.1) is 0 Å². The maximum atomic E-state index is 12.6. The van der Waals surface area contributed by atoms with Gasteiger partial charge in [-0.05, 0) is 24.3 Å². The second kappa shape index (κ2) is 6.15. The van der Waals surface area contributed by atoms with Crippen molar-refractivity contribution in [1.29, 1.82) is 0 Å². The first-order valence-corrected chi connectivity index (χ1v) is 8.90. The van der Waals surface area contributed by atoms with Crippen LogP contribution in [-0.2, 0) is 0 Å². The Bertz CT molecular complexity index is 1240. The van der Waals surface area contributed by atoms with Crippen LogP contribution in [0.15, 0.2) is 56.9 Å². The SMILES string of the molecule is O=C1C(=Cc2nc3oc(-c4ccccc4)nc3o2)C(=O)c2c(Cl)ccc(Cl)c21. The van der Waals surface area contributed by atoms with Crippen molar-refractivity contribution in [3.05, 3.63) is 75.1 Å². The summed E-state index contributed by atoms with van der Waals surface area (Å²) < 4.78 is 11.1. The van der Waals surface area contributed by atoms with Gasteiger partial charge in [-0.3, -0.25) is 9.59 Å². The summed E-state index contributed by atoms with van der Waals surface area (Å²) in [6.45, 7) is 0. The fourth-order valence-electron chi connectivity index (χ4n) is 3.05. The predicted molar refractivity (Wildman–Crippen MR) is 103 cm³/mol. The Kier molecular flexibility index (Phi) is 3.72. The van der Waals surface area contributed by atoms with E-state index in [4.69, 9.17) is 32.0 Å². The first-order chi connectivity index (χ1) is 13.5. The summed E-state index contributed by atoms with van der Waals surface area (Å²) in [6.07, 6.45) is 1.25. The van der Waals surface area contributed by atoms with Crippen molar-refractivity contribution in [3.63, 3.8) is 0 Å². The Balaban J connectivity index is 1.55. The number of rotatable bonds is 2. The lowest BCUT2D eigenvalue weighted by atomic mass is 10.1. The zero-order valence-electron chi connectivity index (χ0n) is 13.9. The maximum absolute atomic E-state index is 12.6. The summed E-state index contributed by atoms with van der Waals surface area (Å²) in [5, 5.41) is 0.327. The van der Waals surface area contributed by atoms with Gasteiger partial charge in [0, 0.05) is 11.6 Å². The number of hydrogen-bond acceptors (Lipinski definition) is 6. The first kappa shape index (κ1) is 16.9. The minimum Gasteiger partial charge on any atom is -0.415 e. The molecule has 0 unspecified atom stereocenters. The Hall–Kier alpha value is -3.22. The standard InChI is InChI=1S/C20H8Cl2N2O4/c21-11-6-7-12(22)15-14(11)16(25)10(17(15)26)8-13-23-19-20(27-13)24-18(28-19)9-4-2-1-3-5-9/h1-8H. The number of fused-ring (bicyclic) bond motifs is 2. The molecule has 0 saturated heterocycles. The second-order valence-corrected chi connectivity index (χ2v) is 6.86. The average Bonchev–Trinajstić information content (AvgIpc) is 3.32. The quantitative estimate of drug-likeness (QED) is 0.331. The van der Waals surface area contributed by atoms with Crippen molar-refractivity contribution in [2.75, 3.05) is 0 Å². The molecule has 0 amide bonds. The van der Waals surface area contributed by atoms with Crippen LogP contribution in [0.25, 0.3) is 29.0 Å². The molecule has 2 heterocycles. The van der Waals surface area contributed by atoms with Crippen molar-refractivity contribution in [2.45, 2.75) is 0 Å². The van der Waals surface area contributed by atoms with Gasteiger partial charge >= 0.3 is 0 Å². The lowest BCUT2D eigenvalue weighted by molar-refractivity contribution is 0.0990.